The molecule has 1 heterocycles. The number of piperidine rings is 1. The lowest BCUT2D eigenvalue weighted by Crippen LogP contribution is -2.45. The molecule has 0 saturated carbocycles. The second kappa shape index (κ2) is 9.16. The van der Waals surface area contributed by atoms with Gasteiger partial charge in [-0.25, -0.2) is 12.8 Å². The van der Waals surface area contributed by atoms with Crippen LogP contribution in [0.15, 0.2) is 53.4 Å². The maximum atomic E-state index is 12.9. The standard InChI is InChI=1S/C18H20FN3O3S.ClH/c19-14-5-7-15(8-6-14)22-26(24,25)17-9-3-13(4-10-17)18(23)21-16-2-1-11-20-12-16;/h3-10,16,20,22H,1-2,11-12H2,(H,21,23);1H/t16-;/m0./s1. The topological polar surface area (TPSA) is 87.3 Å². The maximum Gasteiger partial charge on any atom is 0.261 e. The molecular weight excluding hydrogens is 393 g/mol. The Morgan fingerprint density at radius 1 is 1.07 bits per heavy atom. The number of carbonyl (C=O) groups excluding carboxylic acids is 1. The summed E-state index contributed by atoms with van der Waals surface area (Å²) in [6.07, 6.45) is 1.93. The second-order valence-electron chi connectivity index (χ2n) is 6.15. The van der Waals surface area contributed by atoms with Crippen LogP contribution in [0, 0.1) is 5.82 Å². The average molecular weight is 414 g/mol. The summed E-state index contributed by atoms with van der Waals surface area (Å²) in [4.78, 5) is 12.3. The van der Waals surface area contributed by atoms with Crippen LogP contribution in [0.4, 0.5) is 10.1 Å². The minimum absolute atomic E-state index is 0. The molecule has 0 bridgehead atoms. The van der Waals surface area contributed by atoms with Crippen molar-refractivity contribution < 1.29 is 17.6 Å². The van der Waals surface area contributed by atoms with E-state index in [9.17, 15) is 17.6 Å². The first kappa shape index (κ1) is 21.1. The van der Waals surface area contributed by atoms with Crippen LogP contribution in [0.3, 0.4) is 0 Å². The number of halogens is 2. The fourth-order valence-electron chi connectivity index (χ4n) is 2.76. The molecule has 1 aliphatic heterocycles. The lowest BCUT2D eigenvalue weighted by atomic mass is 10.1. The van der Waals surface area contributed by atoms with Gasteiger partial charge >= 0.3 is 0 Å². The van der Waals surface area contributed by atoms with Gasteiger partial charge in [-0.1, -0.05) is 0 Å². The smallest absolute Gasteiger partial charge is 0.261 e. The lowest BCUT2D eigenvalue weighted by molar-refractivity contribution is 0.0930. The van der Waals surface area contributed by atoms with E-state index >= 15 is 0 Å². The molecule has 1 saturated heterocycles. The van der Waals surface area contributed by atoms with Crippen LogP contribution in [-0.2, 0) is 10.0 Å². The predicted molar refractivity (Wildman–Crippen MR) is 104 cm³/mol. The highest BCUT2D eigenvalue weighted by atomic mass is 35.5. The quantitative estimate of drug-likeness (QED) is 0.703. The zero-order valence-electron chi connectivity index (χ0n) is 14.4. The van der Waals surface area contributed by atoms with Gasteiger partial charge in [-0.3, -0.25) is 9.52 Å². The molecule has 0 unspecified atom stereocenters. The monoisotopic (exact) mass is 413 g/mol. The van der Waals surface area contributed by atoms with Crippen molar-refractivity contribution in [1.82, 2.24) is 10.6 Å². The molecule has 2 aromatic carbocycles. The Bertz CT molecular complexity index is 868. The van der Waals surface area contributed by atoms with Crippen molar-refractivity contribution in [2.24, 2.45) is 0 Å². The highest BCUT2D eigenvalue weighted by Gasteiger charge is 2.18. The zero-order chi connectivity index (χ0) is 18.6. The van der Waals surface area contributed by atoms with E-state index in [0.717, 1.165) is 25.9 Å². The fourth-order valence-corrected chi connectivity index (χ4v) is 3.82. The minimum atomic E-state index is -3.81. The molecule has 9 heteroatoms. The van der Waals surface area contributed by atoms with Gasteiger partial charge in [0.1, 0.15) is 5.82 Å². The first-order chi connectivity index (χ1) is 12.4. The van der Waals surface area contributed by atoms with E-state index in [2.05, 4.69) is 15.4 Å². The minimum Gasteiger partial charge on any atom is -0.348 e. The molecule has 1 aliphatic rings. The summed E-state index contributed by atoms with van der Waals surface area (Å²) >= 11 is 0. The SMILES string of the molecule is Cl.O=C(N[C@H]1CCCNC1)c1ccc(S(=O)(=O)Nc2ccc(F)cc2)cc1. The number of sulfonamides is 1. The van der Waals surface area contributed by atoms with Crippen LogP contribution in [-0.4, -0.2) is 33.5 Å². The van der Waals surface area contributed by atoms with Crippen molar-refractivity contribution in [3.05, 3.63) is 59.9 Å². The van der Waals surface area contributed by atoms with Crippen LogP contribution in [0.1, 0.15) is 23.2 Å². The van der Waals surface area contributed by atoms with Gasteiger partial charge in [-0.15, -0.1) is 12.4 Å². The van der Waals surface area contributed by atoms with Gasteiger partial charge < -0.3 is 10.6 Å². The summed E-state index contributed by atoms with van der Waals surface area (Å²) in [5, 5.41) is 6.16. The van der Waals surface area contributed by atoms with Gasteiger partial charge in [0.05, 0.1) is 4.90 Å². The third-order valence-electron chi connectivity index (χ3n) is 4.16. The van der Waals surface area contributed by atoms with E-state index in [4.69, 9.17) is 0 Å². The second-order valence-corrected chi connectivity index (χ2v) is 7.84. The van der Waals surface area contributed by atoms with Crippen molar-refractivity contribution in [1.29, 1.82) is 0 Å². The number of rotatable bonds is 5. The number of amides is 1. The van der Waals surface area contributed by atoms with Gasteiger partial charge in [-0.2, -0.15) is 0 Å². The molecule has 1 atom stereocenters. The Morgan fingerprint density at radius 2 is 1.74 bits per heavy atom. The lowest BCUT2D eigenvalue weighted by Gasteiger charge is -2.23. The van der Waals surface area contributed by atoms with Crippen molar-refractivity contribution in [2.45, 2.75) is 23.8 Å². The molecule has 2 aromatic rings. The van der Waals surface area contributed by atoms with E-state index in [0.29, 0.717) is 5.56 Å². The largest absolute Gasteiger partial charge is 0.348 e. The van der Waals surface area contributed by atoms with Gasteiger partial charge in [-0.05, 0) is 67.9 Å². The fraction of sp³-hybridized carbons (Fsp3) is 0.278. The summed E-state index contributed by atoms with van der Waals surface area (Å²) < 4.78 is 40.0. The Labute approximate surface area is 164 Å². The molecule has 6 nitrogen and oxygen atoms in total. The molecule has 146 valence electrons. The highest BCUT2D eigenvalue weighted by Crippen LogP contribution is 2.17. The molecular formula is C18H21ClFN3O3S. The zero-order valence-corrected chi connectivity index (χ0v) is 16.1. The first-order valence-corrected chi connectivity index (χ1v) is 9.82. The van der Waals surface area contributed by atoms with Crippen molar-refractivity contribution in [3.8, 4) is 0 Å². The highest BCUT2D eigenvalue weighted by molar-refractivity contribution is 7.92. The summed E-state index contributed by atoms with van der Waals surface area (Å²) in [5.74, 6) is -0.675. The van der Waals surface area contributed by atoms with Gasteiger partial charge in [0, 0.05) is 23.8 Å². The molecule has 0 spiro atoms. The number of anilines is 1. The Morgan fingerprint density at radius 3 is 2.33 bits per heavy atom. The number of hydrogen-bond donors (Lipinski definition) is 3. The van der Waals surface area contributed by atoms with Gasteiger partial charge in [0.2, 0.25) is 0 Å². The third-order valence-corrected chi connectivity index (χ3v) is 5.55. The van der Waals surface area contributed by atoms with E-state index in [1.54, 1.807) is 0 Å². The molecule has 1 fully saturated rings. The van der Waals surface area contributed by atoms with Crippen molar-refractivity contribution in [3.63, 3.8) is 0 Å². The molecule has 1 amide bonds. The molecule has 3 rings (SSSR count). The molecule has 3 N–H and O–H groups in total. The Hall–Kier alpha value is -2.16. The van der Waals surface area contributed by atoms with Gasteiger partial charge in [0.25, 0.3) is 15.9 Å². The summed E-state index contributed by atoms with van der Waals surface area (Å²) in [5.41, 5.74) is 0.661. The third kappa shape index (κ3) is 5.66. The summed E-state index contributed by atoms with van der Waals surface area (Å²) in [6, 6.07) is 10.8. The summed E-state index contributed by atoms with van der Waals surface area (Å²) in [7, 11) is -3.81. The van der Waals surface area contributed by atoms with E-state index in [-0.39, 0.29) is 34.9 Å². The number of hydrogen-bond acceptors (Lipinski definition) is 4. The number of nitrogens with one attached hydrogen (secondary N) is 3. The Balaban J connectivity index is 0.00000261. The predicted octanol–water partition coefficient (Wildman–Crippen LogP) is 2.53. The normalized spacial score (nSPS) is 16.9. The van der Waals surface area contributed by atoms with Crippen molar-refractivity contribution >= 4 is 34.0 Å². The maximum absolute atomic E-state index is 12.9. The number of benzene rings is 2. The van der Waals surface area contributed by atoms with Crippen LogP contribution < -0.4 is 15.4 Å². The van der Waals surface area contributed by atoms with Gasteiger partial charge in [0.15, 0.2) is 0 Å². The van der Waals surface area contributed by atoms with E-state index < -0.39 is 15.8 Å². The summed E-state index contributed by atoms with van der Waals surface area (Å²) in [6.45, 7) is 1.69. The van der Waals surface area contributed by atoms with Crippen LogP contribution in [0.25, 0.3) is 0 Å². The van der Waals surface area contributed by atoms with E-state index in [1.807, 2.05) is 0 Å². The average Bonchev–Trinajstić information content (AvgIpc) is 2.64. The van der Waals surface area contributed by atoms with Crippen molar-refractivity contribution in [2.75, 3.05) is 17.8 Å². The Kier molecular flexibility index (Phi) is 7.18. The first-order valence-electron chi connectivity index (χ1n) is 8.34. The van der Waals surface area contributed by atoms with E-state index in [1.165, 1.54) is 48.5 Å². The number of carbonyl (C=O) groups is 1. The molecule has 0 aromatic heterocycles. The molecule has 27 heavy (non-hydrogen) atoms. The van der Waals surface area contributed by atoms with Crippen LogP contribution >= 0.6 is 12.4 Å². The molecule has 0 aliphatic carbocycles. The molecule has 0 radical (unpaired) electrons. The van der Waals surface area contributed by atoms with Crippen LogP contribution in [0.2, 0.25) is 0 Å². The van der Waals surface area contributed by atoms with Crippen LogP contribution in [0.5, 0.6) is 0 Å².